The van der Waals surface area contributed by atoms with E-state index in [0.29, 0.717) is 13.2 Å². The normalized spacial score (nSPS) is 20.3. The lowest BCUT2D eigenvalue weighted by Gasteiger charge is -2.37. The molecule has 1 aromatic heterocycles. The van der Waals surface area contributed by atoms with Crippen molar-refractivity contribution in [2.45, 2.75) is 42.8 Å². The van der Waals surface area contributed by atoms with Gasteiger partial charge in [0.05, 0.1) is 25.0 Å². The molecule has 6 nitrogen and oxygen atoms in total. The minimum Gasteiger partial charge on any atom is -0.382 e. The van der Waals surface area contributed by atoms with Gasteiger partial charge in [0, 0.05) is 16.9 Å². The molecule has 1 aliphatic heterocycles. The van der Waals surface area contributed by atoms with Gasteiger partial charge in [-0.25, -0.2) is 31.6 Å². The van der Waals surface area contributed by atoms with Crippen LogP contribution in [0.3, 0.4) is 0 Å². The number of nitrogens with zero attached hydrogens (tertiary/aromatic N) is 3. The highest BCUT2D eigenvalue weighted by molar-refractivity contribution is 8.00. The second-order valence-corrected chi connectivity index (χ2v) is 10.2. The van der Waals surface area contributed by atoms with Crippen molar-refractivity contribution in [3.63, 3.8) is 0 Å². The lowest BCUT2D eigenvalue weighted by atomic mass is 9.90. The van der Waals surface area contributed by atoms with Crippen molar-refractivity contribution in [1.82, 2.24) is 14.8 Å². The zero-order valence-electron chi connectivity index (χ0n) is 20.7. The molecule has 12 heteroatoms. The average Bonchev–Trinajstić information content (AvgIpc) is 3.38. The summed E-state index contributed by atoms with van der Waals surface area (Å²) in [6.07, 6.45) is 4.02. The van der Waals surface area contributed by atoms with Gasteiger partial charge in [-0.15, -0.1) is 11.8 Å². The first-order chi connectivity index (χ1) is 18.2. The topological polar surface area (TPSA) is 69.4 Å². The predicted octanol–water partition coefficient (Wildman–Crippen LogP) is 5.43. The summed E-state index contributed by atoms with van der Waals surface area (Å²) in [5.74, 6) is -1.86. The largest absolute Gasteiger partial charge is 0.382 e. The molecule has 0 amide bonds. The standard InChI is InChI=1S/C25H26F3N3O3S.CH2F2/c1-16(18-3-5-19(26)6-4-18)9-24-33-11-21(12-34-24)35-17(2)25(32,13-31-15-29-14-30-31)22-8-7-20(27)10-23(22)28;2-1-3/h3-10,14-15,17,21,24,32H,11-13H2,1-2H3;1H2/b16-9+;. The number of allylic oxidation sites excluding steroid dienone is 1. The first-order valence-electron chi connectivity index (χ1n) is 11.6. The minimum atomic E-state index is -1.75. The maximum absolute atomic E-state index is 14.7. The van der Waals surface area contributed by atoms with Crippen LogP contribution in [0.4, 0.5) is 22.0 Å². The van der Waals surface area contributed by atoms with Crippen molar-refractivity contribution in [3.8, 4) is 0 Å². The number of aliphatic hydroxyl groups is 1. The summed E-state index contributed by atoms with van der Waals surface area (Å²) < 4.78 is 73.8. The molecule has 1 aliphatic rings. The Balaban J connectivity index is 0.00000127. The van der Waals surface area contributed by atoms with Crippen molar-refractivity contribution in [3.05, 3.63) is 89.8 Å². The molecule has 206 valence electrons. The Bertz CT molecular complexity index is 1180. The van der Waals surface area contributed by atoms with Gasteiger partial charge in [-0.1, -0.05) is 25.1 Å². The molecule has 2 unspecified atom stereocenters. The summed E-state index contributed by atoms with van der Waals surface area (Å²) in [6, 6.07) is 9.30. The Hall–Kier alpha value is -2.80. The van der Waals surface area contributed by atoms with Crippen LogP contribution < -0.4 is 0 Å². The Labute approximate surface area is 221 Å². The van der Waals surface area contributed by atoms with Gasteiger partial charge >= 0.3 is 0 Å². The zero-order chi connectivity index (χ0) is 27.7. The molecule has 4 rings (SSSR count). The highest BCUT2D eigenvalue weighted by Gasteiger charge is 2.41. The fourth-order valence-electron chi connectivity index (χ4n) is 3.92. The minimum absolute atomic E-state index is 0.0252. The van der Waals surface area contributed by atoms with Crippen LogP contribution in [0.25, 0.3) is 5.57 Å². The van der Waals surface area contributed by atoms with E-state index in [1.54, 1.807) is 19.1 Å². The van der Waals surface area contributed by atoms with E-state index in [0.717, 1.165) is 23.3 Å². The fourth-order valence-corrected chi connectivity index (χ4v) is 5.24. The van der Waals surface area contributed by atoms with Crippen molar-refractivity contribution in [2.75, 3.05) is 20.1 Å². The summed E-state index contributed by atoms with van der Waals surface area (Å²) >= 11 is 1.39. The molecule has 38 heavy (non-hydrogen) atoms. The number of hydrogen-bond donors (Lipinski definition) is 1. The summed E-state index contributed by atoms with van der Waals surface area (Å²) in [4.78, 5) is 3.89. The van der Waals surface area contributed by atoms with Crippen LogP contribution in [-0.4, -0.2) is 56.8 Å². The molecule has 0 aliphatic carbocycles. The Morgan fingerprint density at radius 2 is 1.76 bits per heavy atom. The molecule has 2 aromatic carbocycles. The third kappa shape index (κ3) is 7.85. The molecule has 0 saturated carbocycles. The molecule has 2 heterocycles. The average molecular weight is 558 g/mol. The van der Waals surface area contributed by atoms with E-state index >= 15 is 0 Å². The first-order valence-corrected chi connectivity index (χ1v) is 12.6. The summed E-state index contributed by atoms with van der Waals surface area (Å²) in [5, 5.41) is 15.0. The van der Waals surface area contributed by atoms with Crippen molar-refractivity contribution in [2.24, 2.45) is 0 Å². The van der Waals surface area contributed by atoms with Crippen LogP contribution in [-0.2, 0) is 21.6 Å². The van der Waals surface area contributed by atoms with E-state index in [1.807, 2.05) is 13.0 Å². The maximum atomic E-state index is 14.7. The SMILES string of the molecule is C/C(=C\C1OCC(SC(C)C(O)(Cn2cncn2)c2ccc(F)cc2F)CO1)c1ccc(F)cc1.FCF. The first kappa shape index (κ1) is 29.8. The van der Waals surface area contributed by atoms with Crippen molar-refractivity contribution >= 4 is 17.3 Å². The molecule has 3 aromatic rings. The summed E-state index contributed by atoms with van der Waals surface area (Å²) in [5.41, 5.74) is 0.0287. The van der Waals surface area contributed by atoms with Gasteiger partial charge in [0.2, 0.25) is 6.93 Å². The van der Waals surface area contributed by atoms with Gasteiger partial charge in [0.15, 0.2) is 6.29 Å². The van der Waals surface area contributed by atoms with E-state index in [1.165, 1.54) is 47.3 Å². The Kier molecular flexibility index (Phi) is 10.8. The molecule has 1 fully saturated rings. The number of alkyl halides is 2. The third-order valence-electron chi connectivity index (χ3n) is 5.91. The van der Waals surface area contributed by atoms with Crippen LogP contribution in [0.15, 0.2) is 61.2 Å². The second kappa shape index (κ2) is 13.8. The lowest BCUT2D eigenvalue weighted by Crippen LogP contribution is -2.43. The molecule has 0 bridgehead atoms. The van der Waals surface area contributed by atoms with Gasteiger partial charge in [0.25, 0.3) is 0 Å². The van der Waals surface area contributed by atoms with E-state index in [4.69, 9.17) is 9.47 Å². The number of ether oxygens (including phenoxy) is 2. The van der Waals surface area contributed by atoms with Crippen LogP contribution in [0.2, 0.25) is 0 Å². The van der Waals surface area contributed by atoms with Crippen LogP contribution in [0.5, 0.6) is 0 Å². The van der Waals surface area contributed by atoms with E-state index in [2.05, 4.69) is 10.1 Å². The number of benzene rings is 2. The highest BCUT2D eigenvalue weighted by atomic mass is 32.2. The lowest BCUT2D eigenvalue weighted by molar-refractivity contribution is -0.146. The summed E-state index contributed by atoms with van der Waals surface area (Å²) in [6.45, 7) is 2.54. The molecular weight excluding hydrogens is 529 g/mol. The Morgan fingerprint density at radius 1 is 1.13 bits per heavy atom. The zero-order valence-corrected chi connectivity index (χ0v) is 21.6. The molecule has 0 radical (unpaired) electrons. The van der Waals surface area contributed by atoms with Gasteiger partial charge in [0.1, 0.15) is 35.7 Å². The predicted molar refractivity (Wildman–Crippen MR) is 134 cm³/mol. The molecule has 0 spiro atoms. The smallest absolute Gasteiger partial charge is 0.229 e. The van der Waals surface area contributed by atoms with Crippen LogP contribution in [0.1, 0.15) is 25.0 Å². The van der Waals surface area contributed by atoms with Gasteiger partial charge in [-0.3, -0.25) is 0 Å². The number of halogens is 5. The number of rotatable bonds is 8. The number of hydrogen-bond acceptors (Lipinski definition) is 6. The van der Waals surface area contributed by atoms with E-state index < -0.39 is 35.7 Å². The van der Waals surface area contributed by atoms with E-state index in [9.17, 15) is 27.1 Å². The molecular formula is C26H28F5N3O3S. The van der Waals surface area contributed by atoms with Gasteiger partial charge < -0.3 is 14.6 Å². The van der Waals surface area contributed by atoms with E-state index in [-0.39, 0.29) is 23.2 Å². The molecule has 1 N–H and O–H groups in total. The number of aromatic nitrogens is 3. The van der Waals surface area contributed by atoms with Crippen molar-refractivity contribution < 1.29 is 36.5 Å². The second-order valence-electron chi connectivity index (χ2n) is 8.53. The third-order valence-corrected chi connectivity index (χ3v) is 7.37. The van der Waals surface area contributed by atoms with Crippen LogP contribution in [0, 0.1) is 17.5 Å². The Morgan fingerprint density at radius 3 is 2.34 bits per heavy atom. The maximum Gasteiger partial charge on any atom is 0.229 e. The van der Waals surface area contributed by atoms with Crippen molar-refractivity contribution in [1.29, 1.82) is 0 Å². The molecule has 1 saturated heterocycles. The monoisotopic (exact) mass is 557 g/mol. The fraction of sp³-hybridized carbons (Fsp3) is 0.385. The highest BCUT2D eigenvalue weighted by Crippen LogP contribution is 2.38. The van der Waals surface area contributed by atoms with Gasteiger partial charge in [-0.05, 0) is 42.3 Å². The summed E-state index contributed by atoms with van der Waals surface area (Å²) in [7, 11) is 0. The quantitative estimate of drug-likeness (QED) is 0.373. The van der Waals surface area contributed by atoms with Crippen LogP contribution >= 0.6 is 11.8 Å². The molecule has 2 atom stereocenters. The number of thioether (sulfide) groups is 1. The van der Waals surface area contributed by atoms with Gasteiger partial charge in [-0.2, -0.15) is 5.10 Å².